The quantitative estimate of drug-likeness (QED) is 0.244. The summed E-state index contributed by atoms with van der Waals surface area (Å²) in [6.07, 6.45) is -0.219. The molecule has 0 radical (unpaired) electrons. The van der Waals surface area contributed by atoms with Crippen LogP contribution in [0.2, 0.25) is 0 Å². The Kier molecular flexibility index (Phi) is 7.41. The van der Waals surface area contributed by atoms with E-state index >= 15 is 0 Å². The van der Waals surface area contributed by atoms with Crippen LogP contribution in [-0.4, -0.2) is 51.8 Å². The zero-order valence-corrected chi connectivity index (χ0v) is 15.5. The molecule has 11 nitrogen and oxygen atoms in total. The molecule has 1 aromatic rings. The molecule has 1 aliphatic heterocycles. The molecule has 1 heterocycles. The third-order valence-electron chi connectivity index (χ3n) is 3.52. The highest BCUT2D eigenvalue weighted by Crippen LogP contribution is 2.35. The number of hydrogen-bond donors (Lipinski definition) is 2. The van der Waals surface area contributed by atoms with Crippen LogP contribution in [-0.2, 0) is 50.7 Å². The summed E-state index contributed by atoms with van der Waals surface area (Å²) in [4.78, 5) is 68.0. The maximum Gasteiger partial charge on any atom is 0.469 e. The fourth-order valence-corrected chi connectivity index (χ4v) is 2.58. The number of hydrogen-bond acceptors (Lipinski definition) is 8. The first kappa shape index (κ1) is 21.7. The molecule has 1 saturated heterocycles. The number of amides is 2. The monoisotopic (exact) mass is 415 g/mol. The standard InChI is InChI=1S/C16H18NO10P/c18-13-5-6-14(19)17(13)27-16(21)10-12-3-1-11(2-4-12)9-15(20)25-7-8-26-28(22,23)24/h1-4H,5-10H2,(H2,22,23,24). The van der Waals surface area contributed by atoms with Crippen LogP contribution >= 0.6 is 7.82 Å². The van der Waals surface area contributed by atoms with E-state index in [-0.39, 0.29) is 32.3 Å². The summed E-state index contributed by atoms with van der Waals surface area (Å²) in [5, 5.41) is 0.475. The summed E-state index contributed by atoms with van der Waals surface area (Å²) in [6, 6.07) is 6.33. The van der Waals surface area contributed by atoms with Gasteiger partial charge < -0.3 is 19.4 Å². The van der Waals surface area contributed by atoms with Crippen LogP contribution < -0.4 is 0 Å². The zero-order valence-electron chi connectivity index (χ0n) is 14.6. The van der Waals surface area contributed by atoms with Gasteiger partial charge in [0.25, 0.3) is 11.8 Å². The summed E-state index contributed by atoms with van der Waals surface area (Å²) in [7, 11) is -4.60. The van der Waals surface area contributed by atoms with E-state index in [1.54, 1.807) is 24.3 Å². The van der Waals surface area contributed by atoms with Crippen molar-refractivity contribution in [3.8, 4) is 0 Å². The first-order valence-electron chi connectivity index (χ1n) is 8.14. The van der Waals surface area contributed by atoms with Gasteiger partial charge in [0, 0.05) is 12.8 Å². The number of phosphoric ester groups is 1. The number of nitrogens with zero attached hydrogens (tertiary/aromatic N) is 1. The highest BCUT2D eigenvalue weighted by Gasteiger charge is 2.32. The lowest BCUT2D eigenvalue weighted by molar-refractivity contribution is -0.197. The summed E-state index contributed by atoms with van der Waals surface area (Å²) in [6.45, 7) is -0.735. The molecule has 152 valence electrons. The number of phosphoric acid groups is 1. The van der Waals surface area contributed by atoms with E-state index in [9.17, 15) is 23.7 Å². The number of imide groups is 1. The molecule has 0 saturated carbocycles. The minimum atomic E-state index is -4.60. The van der Waals surface area contributed by atoms with Crippen molar-refractivity contribution in [3.63, 3.8) is 0 Å². The molecular formula is C16H18NO10P. The fraction of sp³-hybridized carbons (Fsp3) is 0.375. The Hall–Kier alpha value is -2.59. The topological polar surface area (TPSA) is 157 Å². The molecule has 1 aromatic carbocycles. The Morgan fingerprint density at radius 1 is 0.929 bits per heavy atom. The van der Waals surface area contributed by atoms with E-state index in [0.29, 0.717) is 16.2 Å². The average Bonchev–Trinajstić information content (AvgIpc) is 2.91. The molecule has 0 bridgehead atoms. The zero-order chi connectivity index (χ0) is 20.7. The van der Waals surface area contributed by atoms with Gasteiger partial charge in [0.1, 0.15) is 6.61 Å². The number of hydroxylamine groups is 2. The molecule has 2 rings (SSSR count). The number of carbonyl (C=O) groups is 4. The highest BCUT2D eigenvalue weighted by molar-refractivity contribution is 7.46. The van der Waals surface area contributed by atoms with Gasteiger partial charge in [-0.05, 0) is 11.1 Å². The molecule has 0 spiro atoms. The Morgan fingerprint density at radius 3 is 1.93 bits per heavy atom. The molecule has 0 aromatic heterocycles. The van der Waals surface area contributed by atoms with Gasteiger partial charge in [-0.1, -0.05) is 24.3 Å². The molecule has 1 fully saturated rings. The van der Waals surface area contributed by atoms with E-state index in [2.05, 4.69) is 4.52 Å². The number of carbonyl (C=O) groups excluding carboxylic acids is 4. The molecule has 0 aliphatic carbocycles. The van der Waals surface area contributed by atoms with Gasteiger partial charge in [-0.3, -0.25) is 18.9 Å². The van der Waals surface area contributed by atoms with Gasteiger partial charge in [-0.2, -0.15) is 0 Å². The van der Waals surface area contributed by atoms with Crippen LogP contribution in [0.15, 0.2) is 24.3 Å². The highest BCUT2D eigenvalue weighted by atomic mass is 31.2. The summed E-state index contributed by atoms with van der Waals surface area (Å²) >= 11 is 0. The SMILES string of the molecule is O=C(Cc1ccc(CC(=O)ON2C(=O)CCC2=O)cc1)OCCOP(=O)(O)O. The van der Waals surface area contributed by atoms with E-state index in [1.165, 1.54) is 0 Å². The third-order valence-corrected chi connectivity index (χ3v) is 4.04. The first-order chi connectivity index (χ1) is 13.1. The molecule has 1 aliphatic rings. The van der Waals surface area contributed by atoms with Crippen LogP contribution in [0.1, 0.15) is 24.0 Å². The van der Waals surface area contributed by atoms with Crippen LogP contribution in [0.3, 0.4) is 0 Å². The maximum atomic E-state index is 11.8. The van der Waals surface area contributed by atoms with E-state index in [4.69, 9.17) is 19.4 Å². The molecular weight excluding hydrogens is 397 g/mol. The van der Waals surface area contributed by atoms with E-state index in [1.807, 2.05) is 0 Å². The number of rotatable bonds is 9. The maximum absolute atomic E-state index is 11.8. The number of benzene rings is 1. The van der Waals surface area contributed by atoms with Crippen LogP contribution in [0.5, 0.6) is 0 Å². The predicted molar refractivity (Wildman–Crippen MR) is 90.0 cm³/mol. The Bertz CT molecular complexity index is 784. The third kappa shape index (κ3) is 7.20. The molecule has 2 N–H and O–H groups in total. The van der Waals surface area contributed by atoms with Crippen molar-refractivity contribution in [1.29, 1.82) is 0 Å². The lowest BCUT2D eigenvalue weighted by atomic mass is 10.1. The lowest BCUT2D eigenvalue weighted by Crippen LogP contribution is -2.32. The minimum absolute atomic E-state index is 0.0162. The van der Waals surface area contributed by atoms with Crippen LogP contribution in [0, 0.1) is 0 Å². The predicted octanol–water partition coefficient (Wildman–Crippen LogP) is 0.0313. The van der Waals surface area contributed by atoms with Gasteiger partial charge in [0.15, 0.2) is 0 Å². The Labute approximate surface area is 159 Å². The van der Waals surface area contributed by atoms with Crippen molar-refractivity contribution in [2.24, 2.45) is 0 Å². The van der Waals surface area contributed by atoms with Crippen LogP contribution in [0.4, 0.5) is 0 Å². The van der Waals surface area contributed by atoms with Crippen molar-refractivity contribution in [2.75, 3.05) is 13.2 Å². The average molecular weight is 415 g/mol. The lowest BCUT2D eigenvalue weighted by Gasteiger charge is -2.12. The molecule has 12 heteroatoms. The minimum Gasteiger partial charge on any atom is -0.463 e. The van der Waals surface area contributed by atoms with Crippen molar-refractivity contribution < 1.29 is 47.6 Å². The first-order valence-corrected chi connectivity index (χ1v) is 9.67. The summed E-state index contributed by atoms with van der Waals surface area (Å²) in [5.74, 6) is -2.50. The molecule has 28 heavy (non-hydrogen) atoms. The largest absolute Gasteiger partial charge is 0.469 e. The normalized spacial score (nSPS) is 14.3. The number of esters is 1. The van der Waals surface area contributed by atoms with E-state index < -0.39 is 38.2 Å². The molecule has 0 unspecified atom stereocenters. The second-order valence-electron chi connectivity index (χ2n) is 5.76. The second-order valence-corrected chi connectivity index (χ2v) is 7.00. The van der Waals surface area contributed by atoms with Gasteiger partial charge in [-0.15, -0.1) is 5.06 Å². The van der Waals surface area contributed by atoms with Gasteiger partial charge in [0.2, 0.25) is 0 Å². The molecule has 2 amide bonds. The smallest absolute Gasteiger partial charge is 0.463 e. The second kappa shape index (κ2) is 9.56. The summed E-state index contributed by atoms with van der Waals surface area (Å²) in [5.41, 5.74) is 1.14. The van der Waals surface area contributed by atoms with Gasteiger partial charge in [0.05, 0.1) is 19.4 Å². The van der Waals surface area contributed by atoms with Crippen molar-refractivity contribution in [2.45, 2.75) is 25.7 Å². The van der Waals surface area contributed by atoms with Gasteiger partial charge in [-0.25, -0.2) is 9.36 Å². The Morgan fingerprint density at radius 2 is 1.43 bits per heavy atom. The Balaban J connectivity index is 1.75. The van der Waals surface area contributed by atoms with Crippen LogP contribution in [0.25, 0.3) is 0 Å². The van der Waals surface area contributed by atoms with Crippen molar-refractivity contribution in [1.82, 2.24) is 5.06 Å². The van der Waals surface area contributed by atoms with E-state index in [0.717, 1.165) is 0 Å². The van der Waals surface area contributed by atoms with Crippen molar-refractivity contribution in [3.05, 3.63) is 35.4 Å². The van der Waals surface area contributed by atoms with Crippen molar-refractivity contribution >= 4 is 31.6 Å². The number of ether oxygens (including phenoxy) is 1. The fourth-order valence-electron chi connectivity index (χ4n) is 2.26. The van der Waals surface area contributed by atoms with Gasteiger partial charge >= 0.3 is 19.8 Å². The molecule has 0 atom stereocenters. The summed E-state index contributed by atoms with van der Waals surface area (Å²) < 4.78 is 19.4.